The van der Waals surface area contributed by atoms with Gasteiger partial charge in [0.25, 0.3) is 5.56 Å². The van der Waals surface area contributed by atoms with Crippen LogP contribution in [0.5, 0.6) is 0 Å². The molecule has 2 aromatic heterocycles. The number of rotatable bonds is 3. The number of thiophene rings is 1. The Morgan fingerprint density at radius 1 is 1.36 bits per heavy atom. The van der Waals surface area contributed by atoms with Crippen molar-refractivity contribution in [1.82, 2.24) is 9.55 Å². The van der Waals surface area contributed by atoms with Gasteiger partial charge in [-0.1, -0.05) is 6.92 Å². The summed E-state index contributed by atoms with van der Waals surface area (Å²) in [7, 11) is 0. The van der Waals surface area contributed by atoms with E-state index in [9.17, 15) is 14.4 Å². The number of hydrogen-bond donors (Lipinski definition) is 2. The van der Waals surface area contributed by atoms with Crippen molar-refractivity contribution >= 4 is 23.1 Å². The maximum atomic E-state index is 12.7. The molecule has 1 atom stereocenters. The summed E-state index contributed by atoms with van der Waals surface area (Å²) >= 11 is 1.49. The number of fused-ring (bicyclic) bond motifs is 1. The summed E-state index contributed by atoms with van der Waals surface area (Å²) in [5.41, 5.74) is 1.58. The van der Waals surface area contributed by atoms with Crippen LogP contribution in [0.25, 0.3) is 0 Å². The van der Waals surface area contributed by atoms with Crippen LogP contribution < -0.4 is 16.6 Å². The number of carbonyl (C=O) groups is 1. The Hall–Kier alpha value is -2.61. The molecule has 0 saturated heterocycles. The molecule has 0 saturated carbocycles. The number of aromatic nitrogens is 2. The molecule has 2 aliphatic heterocycles. The highest BCUT2D eigenvalue weighted by atomic mass is 32.1. The van der Waals surface area contributed by atoms with Crippen LogP contribution in [0.3, 0.4) is 0 Å². The molecule has 2 aliphatic rings. The van der Waals surface area contributed by atoms with Gasteiger partial charge < -0.3 is 10.1 Å². The Morgan fingerprint density at radius 3 is 2.84 bits per heavy atom. The smallest absolute Gasteiger partial charge is 0.337 e. The number of H-pyrrole nitrogens is 1. The molecule has 0 amide bonds. The van der Waals surface area contributed by atoms with Crippen molar-refractivity contribution in [1.29, 1.82) is 0 Å². The van der Waals surface area contributed by atoms with Crippen molar-refractivity contribution in [3.63, 3.8) is 0 Å². The maximum Gasteiger partial charge on any atom is 0.337 e. The summed E-state index contributed by atoms with van der Waals surface area (Å²) in [6.07, 6.45) is 0.740. The molecular weight excluding hydrogens is 342 g/mol. The lowest BCUT2D eigenvalue weighted by molar-refractivity contribution is -0.136. The van der Waals surface area contributed by atoms with Crippen LogP contribution >= 0.6 is 11.3 Å². The van der Waals surface area contributed by atoms with Crippen molar-refractivity contribution in [3.8, 4) is 0 Å². The lowest BCUT2D eigenvalue weighted by atomic mass is 9.86. The van der Waals surface area contributed by atoms with Crippen LogP contribution in [-0.4, -0.2) is 22.1 Å². The number of aromatic amines is 1. The van der Waals surface area contributed by atoms with Gasteiger partial charge in [-0.3, -0.25) is 14.3 Å². The maximum absolute atomic E-state index is 12.7. The van der Waals surface area contributed by atoms with Crippen LogP contribution in [0.15, 0.2) is 32.3 Å². The largest absolute Gasteiger partial charge is 0.456 e. The molecule has 4 heterocycles. The van der Waals surface area contributed by atoms with Crippen molar-refractivity contribution in [2.24, 2.45) is 0 Å². The molecule has 2 aromatic rings. The van der Waals surface area contributed by atoms with Crippen molar-refractivity contribution in [3.05, 3.63) is 59.6 Å². The van der Waals surface area contributed by atoms with E-state index in [1.807, 2.05) is 25.3 Å². The van der Waals surface area contributed by atoms with Gasteiger partial charge in [-0.2, -0.15) is 0 Å². The Morgan fingerprint density at radius 2 is 2.16 bits per heavy atom. The molecule has 1 unspecified atom stereocenters. The van der Waals surface area contributed by atoms with E-state index in [4.69, 9.17) is 4.74 Å². The highest BCUT2D eigenvalue weighted by molar-refractivity contribution is 7.10. The second-order valence-corrected chi connectivity index (χ2v) is 7.12. The van der Waals surface area contributed by atoms with Gasteiger partial charge in [-0.15, -0.1) is 11.3 Å². The molecule has 0 radical (unpaired) electrons. The van der Waals surface area contributed by atoms with Crippen LogP contribution in [0, 0.1) is 6.92 Å². The molecule has 25 heavy (non-hydrogen) atoms. The van der Waals surface area contributed by atoms with E-state index in [2.05, 4.69) is 10.3 Å². The predicted octanol–water partition coefficient (Wildman–Crippen LogP) is 1.68. The third-order valence-corrected chi connectivity index (χ3v) is 5.67. The number of nitrogens with zero attached hydrogens (tertiary/aromatic N) is 1. The topological polar surface area (TPSA) is 93.2 Å². The van der Waals surface area contributed by atoms with E-state index in [1.165, 1.54) is 15.9 Å². The molecule has 2 N–H and O–H groups in total. The van der Waals surface area contributed by atoms with E-state index < -0.39 is 23.1 Å². The van der Waals surface area contributed by atoms with Crippen LogP contribution in [0.2, 0.25) is 0 Å². The summed E-state index contributed by atoms with van der Waals surface area (Å²) in [5, 5.41) is 5.05. The van der Waals surface area contributed by atoms with Crippen LogP contribution in [-0.2, 0) is 16.1 Å². The van der Waals surface area contributed by atoms with Gasteiger partial charge in [0.1, 0.15) is 12.4 Å². The minimum absolute atomic E-state index is 0.127. The minimum Gasteiger partial charge on any atom is -0.456 e. The first-order valence-electron chi connectivity index (χ1n) is 8.11. The molecule has 8 heteroatoms. The zero-order valence-corrected chi connectivity index (χ0v) is 14.7. The first kappa shape index (κ1) is 15.9. The van der Waals surface area contributed by atoms with E-state index in [0.29, 0.717) is 29.2 Å². The molecular formula is C17H17N3O4S. The van der Waals surface area contributed by atoms with E-state index in [0.717, 1.165) is 16.9 Å². The first-order chi connectivity index (χ1) is 12.0. The van der Waals surface area contributed by atoms with Crippen LogP contribution in [0.4, 0.5) is 5.82 Å². The predicted molar refractivity (Wildman–Crippen MR) is 94.1 cm³/mol. The standard InChI is InChI=1S/C17H17N3O4S/c1-3-5-20-14-12(15(21)19-17(20)23)11(13-8(2)4-6-25-13)10-9(18-14)7-24-16(10)22/h4,6,11,18H,3,5,7H2,1-2H3,(H,19,21,23). The van der Waals surface area contributed by atoms with Gasteiger partial charge in [0.05, 0.1) is 22.8 Å². The van der Waals surface area contributed by atoms with Gasteiger partial charge in [-0.05, 0) is 30.4 Å². The van der Waals surface area contributed by atoms with E-state index >= 15 is 0 Å². The Bertz CT molecular complexity index is 1030. The fraction of sp³-hybridized carbons (Fsp3) is 0.353. The van der Waals surface area contributed by atoms with Gasteiger partial charge >= 0.3 is 11.7 Å². The fourth-order valence-electron chi connectivity index (χ4n) is 3.47. The molecule has 0 fully saturated rings. The number of carbonyl (C=O) groups excluding carboxylic acids is 1. The third-order valence-electron chi connectivity index (χ3n) is 4.59. The van der Waals surface area contributed by atoms with E-state index in [-0.39, 0.29) is 6.61 Å². The molecule has 0 bridgehead atoms. The number of nitrogens with one attached hydrogen (secondary N) is 2. The fourth-order valence-corrected chi connectivity index (χ4v) is 4.51. The quantitative estimate of drug-likeness (QED) is 0.814. The van der Waals surface area contributed by atoms with Crippen molar-refractivity contribution in [2.75, 3.05) is 11.9 Å². The van der Waals surface area contributed by atoms with Gasteiger partial charge in [0, 0.05) is 11.4 Å². The average Bonchev–Trinajstić information content (AvgIpc) is 3.16. The molecule has 0 spiro atoms. The number of anilines is 1. The molecule has 0 aliphatic carbocycles. The zero-order chi connectivity index (χ0) is 17.7. The SMILES string of the molecule is CCCn1c2c(c(=O)[nH]c1=O)C(c1sccc1C)C1=C(COC1=O)N2. The molecule has 7 nitrogen and oxygen atoms in total. The Kier molecular flexibility index (Phi) is 3.64. The molecule has 0 aromatic carbocycles. The summed E-state index contributed by atoms with van der Waals surface area (Å²) in [6.45, 7) is 4.50. The number of aryl methyl sites for hydroxylation is 1. The summed E-state index contributed by atoms with van der Waals surface area (Å²) in [4.78, 5) is 40.6. The number of ether oxygens (including phenoxy) is 1. The second-order valence-electron chi connectivity index (χ2n) is 6.17. The van der Waals surface area contributed by atoms with Crippen molar-refractivity contribution in [2.45, 2.75) is 32.7 Å². The number of hydrogen-bond acceptors (Lipinski definition) is 6. The van der Waals surface area contributed by atoms with Crippen LogP contribution in [0.1, 0.15) is 35.3 Å². The number of cyclic esters (lactones) is 1. The Balaban J connectivity index is 2.05. The van der Waals surface area contributed by atoms with Gasteiger partial charge in [0.2, 0.25) is 0 Å². The molecule has 130 valence electrons. The summed E-state index contributed by atoms with van der Waals surface area (Å²) in [6, 6.07) is 1.96. The average molecular weight is 359 g/mol. The second kappa shape index (κ2) is 5.73. The third kappa shape index (κ3) is 2.28. The zero-order valence-electron chi connectivity index (χ0n) is 13.8. The minimum atomic E-state index is -0.520. The first-order valence-corrected chi connectivity index (χ1v) is 8.99. The number of esters is 1. The van der Waals surface area contributed by atoms with Gasteiger partial charge in [-0.25, -0.2) is 9.59 Å². The van der Waals surface area contributed by atoms with Crippen molar-refractivity contribution < 1.29 is 9.53 Å². The summed E-state index contributed by atoms with van der Waals surface area (Å²) in [5.74, 6) is -0.474. The highest BCUT2D eigenvalue weighted by Crippen LogP contribution is 2.44. The normalized spacial score (nSPS) is 18.6. The lowest BCUT2D eigenvalue weighted by Crippen LogP contribution is -2.38. The monoisotopic (exact) mass is 359 g/mol. The molecule has 4 rings (SSSR count). The highest BCUT2D eigenvalue weighted by Gasteiger charge is 2.42. The Labute approximate surface area is 147 Å². The summed E-state index contributed by atoms with van der Waals surface area (Å²) < 4.78 is 6.73. The van der Waals surface area contributed by atoms with Gasteiger partial charge in [0.15, 0.2) is 0 Å². The lowest BCUT2D eigenvalue weighted by Gasteiger charge is -2.27. The van der Waals surface area contributed by atoms with E-state index in [1.54, 1.807) is 0 Å².